The average molecular weight is 474 g/mol. The van der Waals surface area contributed by atoms with Gasteiger partial charge in [0, 0.05) is 22.7 Å². The fourth-order valence-electron chi connectivity index (χ4n) is 4.51. The molecule has 1 atom stereocenters. The number of hydrogen-bond acceptors (Lipinski definition) is 4. The third-order valence-corrected chi connectivity index (χ3v) is 6.72. The average Bonchev–Trinajstić information content (AvgIpc) is 3.39. The van der Waals surface area contributed by atoms with E-state index in [-0.39, 0.29) is 17.7 Å². The van der Waals surface area contributed by atoms with E-state index in [0.717, 1.165) is 28.0 Å². The zero-order chi connectivity index (χ0) is 23.8. The van der Waals surface area contributed by atoms with Crippen molar-refractivity contribution < 1.29 is 14.6 Å². The van der Waals surface area contributed by atoms with Gasteiger partial charge in [-0.25, -0.2) is 0 Å². The number of aromatic nitrogens is 2. The standard InChI is InChI=1S/C27H24ClN3O3/c1-16-14-22(32)20(15-21(16)28)24-23-25(30-29-24)27(33)31(26(23)18-6-4-3-5-7-18)13-12-17-8-10-19(34-2)11-9-17/h3-11,14-15,26,32H,12-13H2,1-2H3,(H,29,30)/t26-/m0/s1. The summed E-state index contributed by atoms with van der Waals surface area (Å²) < 4.78 is 5.25. The van der Waals surface area contributed by atoms with Crippen molar-refractivity contribution in [3.05, 3.63) is 99.7 Å². The van der Waals surface area contributed by atoms with E-state index in [9.17, 15) is 9.90 Å². The summed E-state index contributed by atoms with van der Waals surface area (Å²) in [7, 11) is 1.64. The maximum atomic E-state index is 13.5. The molecule has 3 aromatic carbocycles. The minimum absolute atomic E-state index is 0.0761. The van der Waals surface area contributed by atoms with E-state index in [2.05, 4.69) is 10.2 Å². The molecule has 1 aromatic heterocycles. The number of nitrogens with zero attached hydrogens (tertiary/aromatic N) is 2. The van der Waals surface area contributed by atoms with Crippen molar-refractivity contribution in [3.8, 4) is 22.8 Å². The number of benzene rings is 3. The van der Waals surface area contributed by atoms with E-state index in [0.29, 0.717) is 34.9 Å². The predicted octanol–water partition coefficient (Wildman–Crippen LogP) is 5.54. The SMILES string of the molecule is COc1ccc(CCN2C(=O)c3[nH]nc(-c4cc(Cl)c(C)cc4O)c3[C@@H]2c2ccccc2)cc1. The monoisotopic (exact) mass is 473 g/mol. The van der Waals surface area contributed by atoms with E-state index >= 15 is 0 Å². The molecular formula is C27H24ClN3O3. The lowest BCUT2D eigenvalue weighted by molar-refractivity contribution is 0.0746. The van der Waals surface area contributed by atoms with Crippen LogP contribution in [0.4, 0.5) is 0 Å². The Morgan fingerprint density at radius 2 is 1.85 bits per heavy atom. The van der Waals surface area contributed by atoms with Crippen molar-refractivity contribution >= 4 is 17.5 Å². The number of aryl methyl sites for hydroxylation is 1. The smallest absolute Gasteiger partial charge is 0.273 e. The van der Waals surface area contributed by atoms with Gasteiger partial charge in [0.05, 0.1) is 13.2 Å². The zero-order valence-corrected chi connectivity index (χ0v) is 19.6. The highest BCUT2D eigenvalue weighted by atomic mass is 35.5. The topological polar surface area (TPSA) is 78.5 Å². The second-order valence-corrected chi connectivity index (χ2v) is 8.80. The Morgan fingerprint density at radius 3 is 2.56 bits per heavy atom. The lowest BCUT2D eigenvalue weighted by atomic mass is 9.95. The van der Waals surface area contributed by atoms with Crippen LogP contribution in [-0.4, -0.2) is 39.8 Å². The summed E-state index contributed by atoms with van der Waals surface area (Å²) in [5.74, 6) is 0.756. The van der Waals surface area contributed by atoms with Gasteiger partial charge in [0.25, 0.3) is 5.91 Å². The Labute approximate surface area is 202 Å². The second kappa shape index (κ2) is 8.88. The van der Waals surface area contributed by atoms with Crippen molar-refractivity contribution in [1.29, 1.82) is 0 Å². The van der Waals surface area contributed by atoms with Crippen molar-refractivity contribution in [2.75, 3.05) is 13.7 Å². The fourth-order valence-corrected chi connectivity index (χ4v) is 4.68. The number of ether oxygens (including phenoxy) is 1. The van der Waals surface area contributed by atoms with Crippen LogP contribution < -0.4 is 4.74 Å². The van der Waals surface area contributed by atoms with Crippen molar-refractivity contribution in [1.82, 2.24) is 15.1 Å². The number of carbonyl (C=O) groups excluding carboxylic acids is 1. The Balaban J connectivity index is 1.55. The molecule has 5 rings (SSSR count). The Kier molecular flexibility index (Phi) is 5.75. The number of amides is 1. The zero-order valence-electron chi connectivity index (χ0n) is 18.9. The van der Waals surface area contributed by atoms with Gasteiger partial charge in [-0.05, 0) is 54.3 Å². The molecule has 34 heavy (non-hydrogen) atoms. The number of phenolic OH excluding ortho intramolecular Hbond substituents is 1. The Hall–Kier alpha value is -3.77. The number of rotatable bonds is 6. The van der Waals surface area contributed by atoms with Gasteiger partial charge in [-0.15, -0.1) is 0 Å². The molecule has 0 radical (unpaired) electrons. The lowest BCUT2D eigenvalue weighted by Gasteiger charge is -2.26. The molecule has 0 unspecified atom stereocenters. The molecule has 0 spiro atoms. The molecule has 0 saturated heterocycles. The van der Waals surface area contributed by atoms with Gasteiger partial charge >= 0.3 is 0 Å². The van der Waals surface area contributed by atoms with Crippen LogP contribution >= 0.6 is 11.6 Å². The molecule has 0 fully saturated rings. The van der Waals surface area contributed by atoms with E-state index < -0.39 is 0 Å². The Morgan fingerprint density at radius 1 is 1.12 bits per heavy atom. The molecule has 1 aliphatic heterocycles. The molecule has 2 N–H and O–H groups in total. The number of halogens is 1. The summed E-state index contributed by atoms with van der Waals surface area (Å²) in [5.41, 5.74) is 5.08. The van der Waals surface area contributed by atoms with Crippen molar-refractivity contribution in [2.24, 2.45) is 0 Å². The van der Waals surface area contributed by atoms with Crippen LogP contribution in [0.25, 0.3) is 11.3 Å². The minimum Gasteiger partial charge on any atom is -0.507 e. The summed E-state index contributed by atoms with van der Waals surface area (Å²) in [6.45, 7) is 2.35. The van der Waals surface area contributed by atoms with Gasteiger partial charge in [-0.1, -0.05) is 54.1 Å². The molecule has 0 aliphatic carbocycles. The summed E-state index contributed by atoms with van der Waals surface area (Å²) in [6.07, 6.45) is 0.688. The van der Waals surface area contributed by atoms with Gasteiger partial charge in [0.2, 0.25) is 0 Å². The Bertz CT molecular complexity index is 1350. The van der Waals surface area contributed by atoms with E-state index in [1.807, 2.05) is 66.4 Å². The highest BCUT2D eigenvalue weighted by Crippen LogP contribution is 2.45. The summed E-state index contributed by atoms with van der Waals surface area (Å²) in [5, 5.41) is 18.6. The van der Waals surface area contributed by atoms with Crippen molar-refractivity contribution in [3.63, 3.8) is 0 Å². The highest BCUT2D eigenvalue weighted by molar-refractivity contribution is 6.31. The van der Waals surface area contributed by atoms with Crippen LogP contribution in [0.3, 0.4) is 0 Å². The number of phenols is 1. The number of methoxy groups -OCH3 is 1. The molecule has 0 bridgehead atoms. The predicted molar refractivity (Wildman–Crippen MR) is 131 cm³/mol. The molecule has 2 heterocycles. The minimum atomic E-state index is -0.338. The van der Waals surface area contributed by atoms with Crippen LogP contribution in [0, 0.1) is 6.92 Å². The summed E-state index contributed by atoms with van der Waals surface area (Å²) in [6, 6.07) is 20.7. The number of H-pyrrole nitrogens is 1. The molecule has 4 aromatic rings. The van der Waals surface area contributed by atoms with Crippen LogP contribution in [0.1, 0.15) is 38.8 Å². The third-order valence-electron chi connectivity index (χ3n) is 6.31. The highest BCUT2D eigenvalue weighted by Gasteiger charge is 2.42. The first-order valence-electron chi connectivity index (χ1n) is 11.0. The van der Waals surface area contributed by atoms with Gasteiger partial charge in [0.15, 0.2) is 0 Å². The van der Waals surface area contributed by atoms with E-state index in [1.165, 1.54) is 0 Å². The summed E-state index contributed by atoms with van der Waals surface area (Å²) in [4.78, 5) is 15.4. The molecular weight excluding hydrogens is 450 g/mol. The number of hydrogen-bond donors (Lipinski definition) is 2. The van der Waals surface area contributed by atoms with Gasteiger partial charge in [0.1, 0.15) is 22.9 Å². The van der Waals surface area contributed by atoms with Gasteiger partial charge in [-0.2, -0.15) is 5.10 Å². The van der Waals surface area contributed by atoms with Crippen LogP contribution in [0.5, 0.6) is 11.5 Å². The maximum Gasteiger partial charge on any atom is 0.273 e. The first-order valence-corrected chi connectivity index (χ1v) is 11.4. The lowest BCUT2D eigenvalue weighted by Crippen LogP contribution is -2.31. The molecule has 6 nitrogen and oxygen atoms in total. The number of carbonyl (C=O) groups is 1. The molecule has 1 aliphatic rings. The third kappa shape index (κ3) is 3.80. The molecule has 1 amide bonds. The largest absolute Gasteiger partial charge is 0.507 e. The number of aromatic hydroxyl groups is 1. The molecule has 172 valence electrons. The number of nitrogens with one attached hydrogen (secondary N) is 1. The second-order valence-electron chi connectivity index (χ2n) is 8.39. The van der Waals surface area contributed by atoms with Crippen molar-refractivity contribution in [2.45, 2.75) is 19.4 Å². The maximum absolute atomic E-state index is 13.5. The quantitative estimate of drug-likeness (QED) is 0.385. The van der Waals surface area contributed by atoms with Crippen LogP contribution in [-0.2, 0) is 6.42 Å². The first-order chi connectivity index (χ1) is 16.5. The molecule has 7 heteroatoms. The normalized spacial score (nSPS) is 15.0. The van der Waals surface area contributed by atoms with E-state index in [1.54, 1.807) is 19.2 Å². The number of aromatic amines is 1. The number of fused-ring (bicyclic) bond motifs is 1. The van der Waals surface area contributed by atoms with Crippen LogP contribution in [0.2, 0.25) is 5.02 Å². The summed E-state index contributed by atoms with van der Waals surface area (Å²) >= 11 is 6.37. The molecule has 0 saturated carbocycles. The van der Waals surface area contributed by atoms with Crippen LogP contribution in [0.15, 0.2) is 66.7 Å². The van der Waals surface area contributed by atoms with Gasteiger partial charge in [-0.3, -0.25) is 9.89 Å². The van der Waals surface area contributed by atoms with E-state index in [4.69, 9.17) is 16.3 Å². The van der Waals surface area contributed by atoms with Gasteiger partial charge < -0.3 is 14.7 Å². The first kappa shape index (κ1) is 22.0. The fraction of sp³-hybridized carbons (Fsp3) is 0.185.